The van der Waals surface area contributed by atoms with E-state index < -0.39 is 0 Å². The Labute approximate surface area is 66.4 Å². The summed E-state index contributed by atoms with van der Waals surface area (Å²) in [5, 5.41) is 11.3. The molecule has 0 aromatic carbocycles. The van der Waals surface area contributed by atoms with Crippen LogP contribution in [-0.2, 0) is 4.79 Å². The van der Waals surface area contributed by atoms with Gasteiger partial charge in [-0.25, -0.2) is 0 Å². The van der Waals surface area contributed by atoms with Gasteiger partial charge in [0.1, 0.15) is 6.04 Å². The zero-order valence-corrected chi connectivity index (χ0v) is 6.63. The number of nitrogens with one attached hydrogen (secondary N) is 1. The summed E-state index contributed by atoms with van der Waals surface area (Å²) in [7, 11) is 0. The Kier molecular flexibility index (Phi) is 2.48. The summed E-state index contributed by atoms with van der Waals surface area (Å²) < 4.78 is 0. The van der Waals surface area contributed by atoms with Crippen molar-refractivity contribution in [2.45, 2.75) is 32.2 Å². The second-order valence-corrected chi connectivity index (χ2v) is 2.87. The molecule has 11 heavy (non-hydrogen) atoms. The molecule has 0 aliphatic heterocycles. The Hall–Kier alpha value is -1.04. The Morgan fingerprint density at radius 3 is 2.82 bits per heavy atom. The highest BCUT2D eigenvalue weighted by atomic mass is 16.1. The summed E-state index contributed by atoms with van der Waals surface area (Å²) in [6, 6.07) is 1.86. The minimum atomic E-state index is -0.234. The summed E-state index contributed by atoms with van der Waals surface area (Å²) in [6.07, 6.45) is 2.63. The van der Waals surface area contributed by atoms with Crippen LogP contribution in [0.15, 0.2) is 0 Å². The average Bonchev–Trinajstić information content (AvgIpc) is 2.82. The fraction of sp³-hybridized carbons (Fsp3) is 0.750. The number of amides is 1. The molecule has 1 atom stereocenters. The first-order chi connectivity index (χ1) is 5.27. The number of hydrogen-bond acceptors (Lipinski definition) is 2. The van der Waals surface area contributed by atoms with E-state index in [0.29, 0.717) is 12.3 Å². The van der Waals surface area contributed by atoms with Crippen molar-refractivity contribution in [2.24, 2.45) is 5.92 Å². The lowest BCUT2D eigenvalue weighted by Gasteiger charge is -2.07. The van der Waals surface area contributed by atoms with Crippen molar-refractivity contribution < 1.29 is 4.79 Å². The molecule has 0 radical (unpaired) electrons. The molecule has 0 saturated heterocycles. The molecule has 1 rings (SSSR count). The quantitative estimate of drug-likeness (QED) is 0.650. The van der Waals surface area contributed by atoms with Gasteiger partial charge in [0.05, 0.1) is 6.07 Å². The number of nitriles is 1. The van der Waals surface area contributed by atoms with Gasteiger partial charge in [0.15, 0.2) is 0 Å². The van der Waals surface area contributed by atoms with E-state index in [1.165, 1.54) is 0 Å². The summed E-state index contributed by atoms with van der Waals surface area (Å²) in [5.74, 6) is 0.402. The zero-order valence-electron chi connectivity index (χ0n) is 6.63. The highest BCUT2D eigenvalue weighted by Crippen LogP contribution is 2.32. The first kappa shape index (κ1) is 8.06. The van der Waals surface area contributed by atoms with Crippen molar-refractivity contribution in [3.05, 3.63) is 0 Å². The van der Waals surface area contributed by atoms with Crippen LogP contribution in [0.5, 0.6) is 0 Å². The van der Waals surface area contributed by atoms with Gasteiger partial charge in [0.25, 0.3) is 0 Å². The van der Waals surface area contributed by atoms with Crippen molar-refractivity contribution in [1.82, 2.24) is 5.32 Å². The molecule has 60 valence electrons. The lowest BCUT2D eigenvalue weighted by atomic mass is 10.2. The molecule has 1 saturated carbocycles. The van der Waals surface area contributed by atoms with Crippen LogP contribution in [0, 0.1) is 17.2 Å². The van der Waals surface area contributed by atoms with E-state index in [1.807, 2.05) is 0 Å². The molecule has 0 bridgehead atoms. The van der Waals surface area contributed by atoms with Gasteiger partial charge < -0.3 is 5.32 Å². The summed E-state index contributed by atoms with van der Waals surface area (Å²) in [6.45, 7) is 1.79. The lowest BCUT2D eigenvalue weighted by Crippen LogP contribution is -2.34. The predicted molar refractivity (Wildman–Crippen MR) is 40.6 cm³/mol. The number of rotatable bonds is 3. The fourth-order valence-corrected chi connectivity index (χ4v) is 0.961. The first-order valence-corrected chi connectivity index (χ1v) is 3.97. The van der Waals surface area contributed by atoms with Gasteiger partial charge in [-0.3, -0.25) is 4.79 Å². The Balaban J connectivity index is 2.32. The van der Waals surface area contributed by atoms with Gasteiger partial charge in [-0.2, -0.15) is 5.26 Å². The topological polar surface area (TPSA) is 52.9 Å². The first-order valence-electron chi connectivity index (χ1n) is 3.97. The SMILES string of the molecule is CCC(=O)NC(C#N)C1CC1. The van der Waals surface area contributed by atoms with Crippen LogP contribution in [0.2, 0.25) is 0 Å². The molecule has 1 fully saturated rings. The van der Waals surface area contributed by atoms with E-state index in [0.717, 1.165) is 12.8 Å². The van der Waals surface area contributed by atoms with Crippen molar-refractivity contribution in [3.8, 4) is 6.07 Å². The number of nitrogens with zero attached hydrogens (tertiary/aromatic N) is 1. The molecule has 1 amide bonds. The van der Waals surface area contributed by atoms with Gasteiger partial charge >= 0.3 is 0 Å². The minimum absolute atomic E-state index is 0.0246. The van der Waals surface area contributed by atoms with Crippen LogP contribution in [0.1, 0.15) is 26.2 Å². The molecule has 0 spiro atoms. The number of carbonyl (C=O) groups is 1. The molecular weight excluding hydrogens is 140 g/mol. The number of hydrogen-bond donors (Lipinski definition) is 1. The van der Waals surface area contributed by atoms with Crippen LogP contribution in [0.4, 0.5) is 0 Å². The van der Waals surface area contributed by atoms with Gasteiger partial charge in [-0.15, -0.1) is 0 Å². The maximum absolute atomic E-state index is 10.9. The van der Waals surface area contributed by atoms with Crippen LogP contribution >= 0.6 is 0 Å². The van der Waals surface area contributed by atoms with E-state index >= 15 is 0 Å². The normalized spacial score (nSPS) is 18.5. The largest absolute Gasteiger partial charge is 0.340 e. The molecule has 0 heterocycles. The standard InChI is InChI=1S/C8H12N2O/c1-2-8(11)10-7(5-9)6-3-4-6/h6-7H,2-4H2,1H3,(H,10,11). The van der Waals surface area contributed by atoms with E-state index in [9.17, 15) is 4.79 Å². The summed E-state index contributed by atoms with van der Waals surface area (Å²) in [5.41, 5.74) is 0. The molecule has 0 aromatic rings. The maximum atomic E-state index is 10.9. The molecule has 3 nitrogen and oxygen atoms in total. The lowest BCUT2D eigenvalue weighted by molar-refractivity contribution is -0.121. The molecule has 1 unspecified atom stereocenters. The second-order valence-electron chi connectivity index (χ2n) is 2.87. The summed E-state index contributed by atoms with van der Waals surface area (Å²) in [4.78, 5) is 10.9. The van der Waals surface area contributed by atoms with E-state index in [2.05, 4.69) is 11.4 Å². The maximum Gasteiger partial charge on any atom is 0.220 e. The van der Waals surface area contributed by atoms with Crippen LogP contribution in [0.25, 0.3) is 0 Å². The third-order valence-corrected chi connectivity index (χ3v) is 1.87. The van der Waals surface area contributed by atoms with Gasteiger partial charge in [0, 0.05) is 6.42 Å². The Morgan fingerprint density at radius 1 is 1.82 bits per heavy atom. The second kappa shape index (κ2) is 3.38. The number of carbonyl (C=O) groups excluding carboxylic acids is 1. The Morgan fingerprint density at radius 2 is 2.45 bits per heavy atom. The fourth-order valence-electron chi connectivity index (χ4n) is 0.961. The Bertz CT molecular complexity index is 191. The van der Waals surface area contributed by atoms with Crippen molar-refractivity contribution in [3.63, 3.8) is 0 Å². The van der Waals surface area contributed by atoms with Gasteiger partial charge in [-0.05, 0) is 18.8 Å². The van der Waals surface area contributed by atoms with Gasteiger partial charge in [-0.1, -0.05) is 6.92 Å². The highest BCUT2D eigenvalue weighted by molar-refractivity contribution is 5.76. The van der Waals surface area contributed by atoms with Crippen LogP contribution in [0.3, 0.4) is 0 Å². The molecule has 1 aliphatic carbocycles. The van der Waals surface area contributed by atoms with E-state index in [-0.39, 0.29) is 11.9 Å². The highest BCUT2D eigenvalue weighted by Gasteiger charge is 2.31. The average molecular weight is 152 g/mol. The van der Waals surface area contributed by atoms with Gasteiger partial charge in [0.2, 0.25) is 5.91 Å². The molecule has 0 aromatic heterocycles. The molecular formula is C8H12N2O. The zero-order chi connectivity index (χ0) is 8.27. The van der Waals surface area contributed by atoms with Crippen molar-refractivity contribution in [1.29, 1.82) is 5.26 Å². The molecule has 3 heteroatoms. The predicted octanol–water partition coefficient (Wildman–Crippen LogP) is 0.815. The smallest absolute Gasteiger partial charge is 0.220 e. The summed E-state index contributed by atoms with van der Waals surface area (Å²) >= 11 is 0. The molecule has 1 N–H and O–H groups in total. The van der Waals surface area contributed by atoms with Crippen LogP contribution in [-0.4, -0.2) is 11.9 Å². The van der Waals surface area contributed by atoms with Crippen molar-refractivity contribution >= 4 is 5.91 Å². The van der Waals surface area contributed by atoms with Crippen molar-refractivity contribution in [2.75, 3.05) is 0 Å². The molecule has 1 aliphatic rings. The third-order valence-electron chi connectivity index (χ3n) is 1.87. The van der Waals surface area contributed by atoms with Crippen LogP contribution < -0.4 is 5.32 Å². The monoisotopic (exact) mass is 152 g/mol. The minimum Gasteiger partial charge on any atom is -0.340 e. The van der Waals surface area contributed by atoms with E-state index in [1.54, 1.807) is 6.92 Å². The third kappa shape index (κ3) is 2.23. The van der Waals surface area contributed by atoms with E-state index in [4.69, 9.17) is 5.26 Å².